The molecule has 2 heterocycles. The summed E-state index contributed by atoms with van der Waals surface area (Å²) in [6.07, 6.45) is 3.23. The molecule has 1 atom stereocenters. The Labute approximate surface area is 188 Å². The highest BCUT2D eigenvalue weighted by Crippen LogP contribution is 2.30. The summed E-state index contributed by atoms with van der Waals surface area (Å²) in [7, 11) is 0. The quantitative estimate of drug-likeness (QED) is 0.581. The van der Waals surface area contributed by atoms with Crippen molar-refractivity contribution in [3.63, 3.8) is 0 Å². The minimum absolute atomic E-state index is 0.0127. The molecule has 0 aliphatic heterocycles. The zero-order chi connectivity index (χ0) is 22.8. The summed E-state index contributed by atoms with van der Waals surface area (Å²) >= 11 is 6.04. The Kier molecular flexibility index (Phi) is 6.66. The van der Waals surface area contributed by atoms with Gasteiger partial charge < -0.3 is 5.32 Å². The van der Waals surface area contributed by atoms with Crippen LogP contribution < -0.4 is 5.32 Å². The van der Waals surface area contributed by atoms with E-state index in [1.165, 1.54) is 6.20 Å². The van der Waals surface area contributed by atoms with Crippen molar-refractivity contribution in [2.45, 2.75) is 59.9 Å². The van der Waals surface area contributed by atoms with E-state index in [2.05, 4.69) is 42.2 Å². The molecule has 0 saturated heterocycles. The second kappa shape index (κ2) is 9.07. The number of hydrogen-bond acceptors (Lipinski definition) is 4. The Morgan fingerprint density at radius 2 is 1.94 bits per heavy atom. The number of hydrogen-bond donors (Lipinski definition) is 1. The largest absolute Gasteiger partial charge is 0.349 e. The predicted molar refractivity (Wildman–Crippen MR) is 122 cm³/mol. The molecule has 3 aromatic rings. The molecule has 0 bridgehead atoms. The molecule has 2 aromatic heterocycles. The second-order valence-corrected chi connectivity index (χ2v) is 9.54. The molecule has 31 heavy (non-hydrogen) atoms. The third-order valence-electron chi connectivity index (χ3n) is 5.36. The SMILES string of the molecule is Cc1nc2c(C#N)cnn2c(C)c1CCC(=O)N[C@@H](CC(C)(C)C)c1ccc(Cl)cc1. The van der Waals surface area contributed by atoms with Gasteiger partial charge >= 0.3 is 0 Å². The van der Waals surface area contributed by atoms with Gasteiger partial charge in [-0.3, -0.25) is 4.79 Å². The standard InChI is InChI=1S/C24H28ClN5O/c1-15-20(16(2)30-23(28-15)18(13-26)14-27-30)10-11-22(31)29-21(12-24(3,4)5)17-6-8-19(25)9-7-17/h6-9,14,21H,10-12H2,1-5H3,(H,29,31)/t21-/m0/s1. The monoisotopic (exact) mass is 437 g/mol. The van der Waals surface area contributed by atoms with Gasteiger partial charge in [0.1, 0.15) is 11.6 Å². The minimum atomic E-state index is -0.0862. The molecule has 1 amide bonds. The highest BCUT2D eigenvalue weighted by atomic mass is 35.5. The summed E-state index contributed by atoms with van der Waals surface area (Å²) in [5.41, 5.74) is 4.80. The second-order valence-electron chi connectivity index (χ2n) is 9.10. The maximum Gasteiger partial charge on any atom is 0.220 e. The number of nitriles is 1. The molecule has 0 aliphatic rings. The number of halogens is 1. The first-order chi connectivity index (χ1) is 14.6. The van der Waals surface area contributed by atoms with Gasteiger partial charge in [-0.15, -0.1) is 0 Å². The van der Waals surface area contributed by atoms with Crippen molar-refractivity contribution in [2.24, 2.45) is 5.41 Å². The van der Waals surface area contributed by atoms with Crippen LogP contribution in [0.15, 0.2) is 30.5 Å². The van der Waals surface area contributed by atoms with Crippen LogP contribution in [0, 0.1) is 30.6 Å². The lowest BCUT2D eigenvalue weighted by atomic mass is 9.85. The van der Waals surface area contributed by atoms with Crippen LogP contribution in [0.1, 0.15) is 67.7 Å². The molecule has 1 N–H and O–H groups in total. The van der Waals surface area contributed by atoms with E-state index in [-0.39, 0.29) is 17.4 Å². The molecule has 0 radical (unpaired) electrons. The molecule has 0 spiro atoms. The number of fused-ring (bicyclic) bond motifs is 1. The summed E-state index contributed by atoms with van der Waals surface area (Å²) in [5.74, 6) is -0.0127. The van der Waals surface area contributed by atoms with E-state index in [9.17, 15) is 10.1 Å². The topological polar surface area (TPSA) is 83.1 Å². The van der Waals surface area contributed by atoms with Crippen molar-refractivity contribution in [1.29, 1.82) is 5.26 Å². The van der Waals surface area contributed by atoms with Crippen LogP contribution in [0.4, 0.5) is 0 Å². The van der Waals surface area contributed by atoms with Gasteiger partial charge in [0.05, 0.1) is 12.2 Å². The van der Waals surface area contributed by atoms with E-state index < -0.39 is 0 Å². The number of rotatable bonds is 6. The van der Waals surface area contributed by atoms with E-state index in [1.54, 1.807) is 4.52 Å². The number of carbonyl (C=O) groups excluding carboxylic acids is 1. The first kappa shape index (κ1) is 22.8. The molecule has 3 rings (SSSR count). The van der Waals surface area contributed by atoms with Crippen molar-refractivity contribution in [3.05, 3.63) is 63.6 Å². The van der Waals surface area contributed by atoms with E-state index in [1.807, 2.05) is 38.1 Å². The fourth-order valence-corrected chi connectivity index (χ4v) is 3.94. The van der Waals surface area contributed by atoms with Gasteiger partial charge in [-0.25, -0.2) is 9.50 Å². The van der Waals surface area contributed by atoms with Crippen LogP contribution in [0.2, 0.25) is 5.02 Å². The Balaban J connectivity index is 1.76. The highest BCUT2D eigenvalue weighted by molar-refractivity contribution is 6.30. The van der Waals surface area contributed by atoms with E-state index >= 15 is 0 Å². The number of nitrogens with zero attached hydrogens (tertiary/aromatic N) is 4. The number of benzene rings is 1. The zero-order valence-corrected chi connectivity index (χ0v) is 19.4. The molecule has 0 saturated carbocycles. The molecular formula is C24H28ClN5O. The number of carbonyl (C=O) groups is 1. The van der Waals surface area contributed by atoms with Gasteiger partial charge in [-0.1, -0.05) is 44.5 Å². The fraction of sp³-hybridized carbons (Fsp3) is 0.417. The third kappa shape index (κ3) is 5.42. The van der Waals surface area contributed by atoms with E-state index in [0.717, 1.165) is 28.9 Å². The molecule has 6 nitrogen and oxygen atoms in total. The normalized spacial score (nSPS) is 12.5. The lowest BCUT2D eigenvalue weighted by Crippen LogP contribution is -2.31. The van der Waals surface area contributed by atoms with Crippen LogP contribution in [0.5, 0.6) is 0 Å². The lowest BCUT2D eigenvalue weighted by Gasteiger charge is -2.27. The number of amides is 1. The smallest absolute Gasteiger partial charge is 0.220 e. The van der Waals surface area contributed by atoms with Crippen molar-refractivity contribution in [3.8, 4) is 6.07 Å². The average molecular weight is 438 g/mol. The van der Waals surface area contributed by atoms with Crippen molar-refractivity contribution < 1.29 is 4.79 Å². The molecule has 0 aliphatic carbocycles. The average Bonchev–Trinajstić information content (AvgIpc) is 3.09. The van der Waals surface area contributed by atoms with E-state index in [4.69, 9.17) is 11.6 Å². The predicted octanol–water partition coefficient (Wildman–Crippen LogP) is 5.10. The number of nitrogens with one attached hydrogen (secondary N) is 1. The van der Waals surface area contributed by atoms with Gasteiger partial charge in [-0.2, -0.15) is 10.4 Å². The minimum Gasteiger partial charge on any atom is -0.349 e. The summed E-state index contributed by atoms with van der Waals surface area (Å²) < 4.78 is 1.68. The summed E-state index contributed by atoms with van der Waals surface area (Å²) in [6.45, 7) is 10.3. The van der Waals surface area contributed by atoms with Gasteiger partial charge in [0, 0.05) is 22.8 Å². The number of aryl methyl sites for hydroxylation is 2. The summed E-state index contributed by atoms with van der Waals surface area (Å²) in [6, 6.07) is 9.67. The maximum atomic E-state index is 12.9. The van der Waals surface area contributed by atoms with E-state index in [0.29, 0.717) is 29.1 Å². The fourth-order valence-electron chi connectivity index (χ4n) is 3.82. The summed E-state index contributed by atoms with van der Waals surface area (Å²) in [4.78, 5) is 17.4. The molecular weight excluding hydrogens is 410 g/mol. The molecule has 1 aromatic carbocycles. The maximum absolute atomic E-state index is 12.9. The van der Waals surface area contributed by atoms with Crippen LogP contribution in [-0.2, 0) is 11.2 Å². The number of aromatic nitrogens is 3. The Morgan fingerprint density at radius 1 is 1.26 bits per heavy atom. The summed E-state index contributed by atoms with van der Waals surface area (Å²) in [5, 5.41) is 17.4. The first-order valence-electron chi connectivity index (χ1n) is 10.4. The van der Waals surface area contributed by atoms with Crippen LogP contribution >= 0.6 is 11.6 Å². The van der Waals surface area contributed by atoms with Crippen molar-refractivity contribution >= 4 is 23.2 Å². The first-order valence-corrected chi connectivity index (χ1v) is 10.8. The van der Waals surface area contributed by atoms with Crippen LogP contribution in [0.25, 0.3) is 5.65 Å². The van der Waals surface area contributed by atoms with Gasteiger partial charge in [0.15, 0.2) is 5.65 Å². The highest BCUT2D eigenvalue weighted by Gasteiger charge is 2.22. The van der Waals surface area contributed by atoms with Crippen molar-refractivity contribution in [1.82, 2.24) is 19.9 Å². The Morgan fingerprint density at radius 3 is 2.55 bits per heavy atom. The van der Waals surface area contributed by atoms with Gasteiger partial charge in [-0.05, 0) is 55.4 Å². The Bertz CT molecular complexity index is 1140. The molecule has 7 heteroatoms. The lowest BCUT2D eigenvalue weighted by molar-refractivity contribution is -0.122. The van der Waals surface area contributed by atoms with Crippen molar-refractivity contribution in [2.75, 3.05) is 0 Å². The molecule has 0 unspecified atom stereocenters. The molecule has 162 valence electrons. The van der Waals surface area contributed by atoms with Crippen LogP contribution in [-0.4, -0.2) is 20.5 Å². The third-order valence-corrected chi connectivity index (χ3v) is 5.61. The van der Waals surface area contributed by atoms with Gasteiger partial charge in [0.25, 0.3) is 0 Å². The van der Waals surface area contributed by atoms with Gasteiger partial charge in [0.2, 0.25) is 5.91 Å². The molecule has 0 fully saturated rings. The Hall–Kier alpha value is -2.91. The van der Waals surface area contributed by atoms with Crippen LogP contribution in [0.3, 0.4) is 0 Å². The zero-order valence-electron chi connectivity index (χ0n) is 18.7.